The van der Waals surface area contributed by atoms with E-state index in [1.54, 1.807) is 0 Å². The number of rotatable bonds is 8. The number of benzene rings is 7. The second-order valence-corrected chi connectivity index (χ2v) is 17.1. The summed E-state index contributed by atoms with van der Waals surface area (Å²) < 4.78 is 0. The maximum atomic E-state index is 2.54. The highest BCUT2D eigenvalue weighted by atomic mass is 28.3. The molecule has 1 nitrogen and oxygen atoms in total. The van der Waals surface area contributed by atoms with Crippen molar-refractivity contribution in [3.8, 4) is 11.1 Å². The number of nitrogens with zero attached hydrogens (tertiary/aromatic N) is 1. The van der Waals surface area contributed by atoms with Crippen molar-refractivity contribution in [2.75, 3.05) is 4.90 Å². The van der Waals surface area contributed by atoms with Crippen molar-refractivity contribution in [1.82, 2.24) is 0 Å². The van der Waals surface area contributed by atoms with Gasteiger partial charge in [-0.15, -0.1) is 0 Å². The highest BCUT2D eigenvalue weighted by Gasteiger charge is 2.38. The van der Waals surface area contributed by atoms with Crippen molar-refractivity contribution < 1.29 is 0 Å². The third kappa shape index (κ3) is 5.45. The number of para-hydroxylation sites is 2. The fourth-order valence-corrected chi connectivity index (χ4v) is 11.9. The van der Waals surface area contributed by atoms with Crippen LogP contribution in [0, 0.1) is 0 Å². The summed E-state index contributed by atoms with van der Waals surface area (Å²) in [6.07, 6.45) is 2.39. The highest BCUT2D eigenvalue weighted by Crippen LogP contribution is 2.51. The molecule has 0 fully saturated rings. The molecule has 0 saturated carbocycles. The molecule has 0 aliphatic heterocycles. The molecule has 0 radical (unpaired) electrons. The molecule has 7 aromatic carbocycles. The van der Waals surface area contributed by atoms with Gasteiger partial charge < -0.3 is 4.90 Å². The Balaban J connectivity index is 1.22. The predicted octanol–water partition coefficient (Wildman–Crippen LogP) is 10.2. The Hall–Kier alpha value is -5.70. The number of fused-ring (bicyclic) bond motifs is 3. The van der Waals surface area contributed by atoms with E-state index < -0.39 is 8.07 Å². The van der Waals surface area contributed by atoms with Crippen molar-refractivity contribution in [3.63, 3.8) is 0 Å². The van der Waals surface area contributed by atoms with Gasteiger partial charge in [0.25, 0.3) is 0 Å². The van der Waals surface area contributed by atoms with Crippen LogP contribution in [-0.2, 0) is 5.41 Å². The zero-order valence-electron chi connectivity index (χ0n) is 28.0. The monoisotopic (exact) mass is 645 g/mol. The zero-order chi connectivity index (χ0) is 33.3. The van der Waals surface area contributed by atoms with E-state index in [1.165, 1.54) is 49.1 Å². The van der Waals surface area contributed by atoms with Gasteiger partial charge in [-0.25, -0.2) is 0 Å². The average molecular weight is 646 g/mol. The molecule has 0 spiro atoms. The van der Waals surface area contributed by atoms with Gasteiger partial charge in [0.05, 0.1) is 0 Å². The standard InChI is InChI=1S/C47H39NSi/c1-47(2)45-34-36(32-33-49(40-22-12-5-13-23-40,41-24-14-6-15-25-41)42-26-16-7-17-27-42)28-30-43(45)44-31-29-39(35-46(44)47)48(37-18-8-3-9-19-37)38-20-10-4-11-21-38/h3-35H,1-2H3/b33-32+. The second-order valence-electron chi connectivity index (χ2n) is 13.4. The summed E-state index contributed by atoms with van der Waals surface area (Å²) in [7, 11) is -2.50. The first kappa shape index (κ1) is 30.6. The first-order valence-corrected chi connectivity index (χ1v) is 19.2. The molecule has 0 heterocycles. The number of anilines is 3. The lowest BCUT2D eigenvalue weighted by Crippen LogP contribution is -2.66. The average Bonchev–Trinajstić information content (AvgIpc) is 3.39. The zero-order valence-corrected chi connectivity index (χ0v) is 29.0. The third-order valence-corrected chi connectivity index (χ3v) is 14.6. The number of hydrogen-bond donors (Lipinski definition) is 0. The van der Waals surface area contributed by atoms with E-state index in [2.05, 4.69) is 219 Å². The fraction of sp³-hybridized carbons (Fsp3) is 0.0638. The summed E-state index contributed by atoms with van der Waals surface area (Å²) in [4.78, 5) is 2.36. The van der Waals surface area contributed by atoms with E-state index in [9.17, 15) is 0 Å². The molecule has 7 aromatic rings. The maximum absolute atomic E-state index is 2.54. The molecular formula is C47H39NSi. The van der Waals surface area contributed by atoms with Gasteiger partial charge in [0, 0.05) is 22.5 Å². The second kappa shape index (κ2) is 12.7. The van der Waals surface area contributed by atoms with Gasteiger partial charge in [-0.3, -0.25) is 0 Å². The van der Waals surface area contributed by atoms with Crippen LogP contribution in [0.2, 0.25) is 0 Å². The molecule has 2 heteroatoms. The molecule has 0 saturated heterocycles. The largest absolute Gasteiger partial charge is 0.310 e. The Morgan fingerprint density at radius 2 is 0.837 bits per heavy atom. The molecule has 0 aromatic heterocycles. The van der Waals surface area contributed by atoms with Crippen LogP contribution in [0.25, 0.3) is 17.2 Å². The van der Waals surface area contributed by atoms with Gasteiger partial charge in [0.15, 0.2) is 8.07 Å². The quantitative estimate of drug-likeness (QED) is 0.117. The molecule has 8 rings (SSSR count). The Kier molecular flexibility index (Phi) is 7.95. The minimum Gasteiger partial charge on any atom is -0.310 e. The SMILES string of the molecule is CC1(C)c2cc(/C=C/[Si](c3ccccc3)(c3ccccc3)c3ccccc3)ccc2-c2ccc(N(c3ccccc3)c3ccccc3)cc21. The summed E-state index contributed by atoms with van der Waals surface area (Å²) in [6.45, 7) is 4.75. The molecule has 0 bridgehead atoms. The molecule has 49 heavy (non-hydrogen) atoms. The van der Waals surface area contributed by atoms with Crippen LogP contribution in [-0.4, -0.2) is 8.07 Å². The molecule has 236 valence electrons. The molecule has 0 amide bonds. The lowest BCUT2D eigenvalue weighted by Gasteiger charge is -2.31. The van der Waals surface area contributed by atoms with Crippen LogP contribution >= 0.6 is 0 Å². The smallest absolute Gasteiger partial charge is 0.172 e. The van der Waals surface area contributed by atoms with E-state index in [-0.39, 0.29) is 5.41 Å². The van der Waals surface area contributed by atoms with Crippen molar-refractivity contribution in [2.45, 2.75) is 19.3 Å². The molecule has 0 unspecified atom stereocenters. The fourth-order valence-electron chi connectivity index (χ4n) is 7.70. The van der Waals surface area contributed by atoms with Crippen LogP contribution in [0.1, 0.15) is 30.5 Å². The summed E-state index contributed by atoms with van der Waals surface area (Å²) >= 11 is 0. The normalized spacial score (nSPS) is 13.2. The van der Waals surface area contributed by atoms with Crippen LogP contribution in [0.15, 0.2) is 194 Å². The van der Waals surface area contributed by atoms with E-state index in [0.29, 0.717) is 0 Å². The lowest BCUT2D eigenvalue weighted by atomic mass is 9.82. The van der Waals surface area contributed by atoms with Crippen molar-refractivity contribution in [1.29, 1.82) is 0 Å². The van der Waals surface area contributed by atoms with Gasteiger partial charge >= 0.3 is 0 Å². The predicted molar refractivity (Wildman–Crippen MR) is 212 cm³/mol. The van der Waals surface area contributed by atoms with Crippen LogP contribution < -0.4 is 20.5 Å². The molecule has 1 aliphatic carbocycles. The molecule has 1 aliphatic rings. The summed E-state index contributed by atoms with van der Waals surface area (Å²) in [5.74, 6) is 0. The maximum Gasteiger partial charge on any atom is 0.172 e. The van der Waals surface area contributed by atoms with Gasteiger partial charge in [0.2, 0.25) is 0 Å². The van der Waals surface area contributed by atoms with Gasteiger partial charge in [0.1, 0.15) is 0 Å². The van der Waals surface area contributed by atoms with E-state index >= 15 is 0 Å². The summed E-state index contributed by atoms with van der Waals surface area (Å²) in [5, 5.41) is 4.14. The Bertz CT molecular complexity index is 2090. The van der Waals surface area contributed by atoms with Gasteiger partial charge in [-0.2, -0.15) is 0 Å². The van der Waals surface area contributed by atoms with Crippen molar-refractivity contribution in [2.24, 2.45) is 0 Å². The number of hydrogen-bond acceptors (Lipinski definition) is 1. The van der Waals surface area contributed by atoms with Crippen molar-refractivity contribution in [3.05, 3.63) is 210 Å². The van der Waals surface area contributed by atoms with Gasteiger partial charge in [-0.05, 0) is 79.8 Å². The van der Waals surface area contributed by atoms with Crippen LogP contribution in [0.3, 0.4) is 0 Å². The molecule has 0 N–H and O–H groups in total. The third-order valence-electron chi connectivity index (χ3n) is 10.2. The van der Waals surface area contributed by atoms with E-state index in [4.69, 9.17) is 0 Å². The molecule has 0 atom stereocenters. The first-order valence-electron chi connectivity index (χ1n) is 17.1. The van der Waals surface area contributed by atoms with E-state index in [0.717, 1.165) is 11.4 Å². The van der Waals surface area contributed by atoms with Crippen LogP contribution in [0.4, 0.5) is 17.1 Å². The Labute approximate surface area is 291 Å². The molecular weight excluding hydrogens is 607 g/mol. The summed E-state index contributed by atoms with van der Waals surface area (Å²) in [5.41, 5.74) is 12.5. The van der Waals surface area contributed by atoms with Crippen LogP contribution in [0.5, 0.6) is 0 Å². The highest BCUT2D eigenvalue weighted by molar-refractivity contribution is 7.15. The first-order chi connectivity index (χ1) is 24.1. The van der Waals surface area contributed by atoms with Crippen molar-refractivity contribution >= 4 is 46.8 Å². The Morgan fingerprint density at radius 1 is 0.429 bits per heavy atom. The summed E-state index contributed by atoms with van der Waals surface area (Å²) in [6, 6.07) is 68.7. The minimum atomic E-state index is -2.50. The van der Waals surface area contributed by atoms with Gasteiger partial charge in [-0.1, -0.05) is 177 Å². The minimum absolute atomic E-state index is 0.156. The topological polar surface area (TPSA) is 3.24 Å². The lowest BCUT2D eigenvalue weighted by molar-refractivity contribution is 0.660. The van der Waals surface area contributed by atoms with E-state index in [1.807, 2.05) is 0 Å². The Morgan fingerprint density at radius 3 is 1.31 bits per heavy atom.